The highest BCUT2D eigenvalue weighted by atomic mass is 19.1. The average molecular weight is 445 g/mol. The smallest absolute Gasteiger partial charge is 0.232 e. The minimum Gasteiger partial charge on any atom is -0.497 e. The maximum absolute atomic E-state index is 13.6. The van der Waals surface area contributed by atoms with Gasteiger partial charge in [0.2, 0.25) is 5.78 Å². The van der Waals surface area contributed by atoms with Gasteiger partial charge in [0.1, 0.15) is 29.8 Å². The fraction of sp³-hybridized carbons (Fsp3) is 0.222. The van der Waals surface area contributed by atoms with Gasteiger partial charge in [0, 0.05) is 13.1 Å². The Hall–Kier alpha value is -3.64. The van der Waals surface area contributed by atoms with E-state index in [9.17, 15) is 9.18 Å². The number of hydrogen-bond acceptors (Lipinski definition) is 5. The number of halogens is 1. The fourth-order valence-corrected chi connectivity index (χ4v) is 4.25. The zero-order valence-corrected chi connectivity index (χ0v) is 18.6. The fourth-order valence-electron chi connectivity index (χ4n) is 4.25. The number of nitrogens with zero attached hydrogens (tertiary/aromatic N) is 1. The Balaban J connectivity index is 1.37. The van der Waals surface area contributed by atoms with Crippen molar-refractivity contribution in [3.8, 4) is 17.2 Å². The van der Waals surface area contributed by atoms with Crippen LogP contribution in [-0.2, 0) is 13.0 Å². The summed E-state index contributed by atoms with van der Waals surface area (Å²) in [6.07, 6.45) is 2.45. The first-order chi connectivity index (χ1) is 16.0. The number of allylic oxidation sites excluding steroid dienone is 1. The van der Waals surface area contributed by atoms with Crippen molar-refractivity contribution in [1.82, 2.24) is 4.90 Å². The van der Waals surface area contributed by atoms with Gasteiger partial charge in [-0.05, 0) is 66.4 Å². The minimum absolute atomic E-state index is 0.190. The molecule has 0 saturated heterocycles. The third-order valence-corrected chi connectivity index (χ3v) is 6.01. The first-order valence-electron chi connectivity index (χ1n) is 10.9. The number of benzene rings is 3. The Labute approximate surface area is 192 Å². The van der Waals surface area contributed by atoms with Gasteiger partial charge in [-0.1, -0.05) is 24.3 Å². The summed E-state index contributed by atoms with van der Waals surface area (Å²) in [5.41, 5.74) is 4.02. The second-order valence-corrected chi connectivity index (χ2v) is 8.29. The Morgan fingerprint density at radius 1 is 1.15 bits per heavy atom. The van der Waals surface area contributed by atoms with Gasteiger partial charge >= 0.3 is 0 Å². The van der Waals surface area contributed by atoms with Crippen molar-refractivity contribution in [2.24, 2.45) is 0 Å². The van der Waals surface area contributed by atoms with Crippen LogP contribution in [0, 0.1) is 12.7 Å². The summed E-state index contributed by atoms with van der Waals surface area (Å²) in [5.74, 6) is 1.77. The second-order valence-electron chi connectivity index (χ2n) is 8.29. The van der Waals surface area contributed by atoms with Gasteiger partial charge in [-0.25, -0.2) is 4.39 Å². The molecule has 3 aromatic rings. The number of carbonyl (C=O) groups is 1. The van der Waals surface area contributed by atoms with Gasteiger partial charge in [-0.3, -0.25) is 9.69 Å². The summed E-state index contributed by atoms with van der Waals surface area (Å²) in [5, 5.41) is 0. The van der Waals surface area contributed by atoms with E-state index in [0.717, 1.165) is 35.6 Å². The third-order valence-electron chi connectivity index (χ3n) is 6.01. The monoisotopic (exact) mass is 445 g/mol. The van der Waals surface area contributed by atoms with E-state index in [4.69, 9.17) is 14.2 Å². The van der Waals surface area contributed by atoms with Crippen molar-refractivity contribution in [2.75, 3.05) is 20.4 Å². The third kappa shape index (κ3) is 4.22. The van der Waals surface area contributed by atoms with Gasteiger partial charge in [0.25, 0.3) is 0 Å². The van der Waals surface area contributed by atoms with Crippen LogP contribution in [0.15, 0.2) is 60.4 Å². The number of ether oxygens (including phenoxy) is 3. The molecule has 2 heterocycles. The standard InChI is InChI=1S/C27H24FNO4/c1-17-12-23-22(15-29(16-32-23)11-10-18-6-8-21(31-2)9-7-18)27-25(17)26(30)24(33-27)14-19-4-3-5-20(28)13-19/h3-9,12-14H,10-11,15-16H2,1-2H3/b24-14+. The zero-order chi connectivity index (χ0) is 22.9. The van der Waals surface area contributed by atoms with Crippen molar-refractivity contribution < 1.29 is 23.4 Å². The molecule has 0 N–H and O–H groups in total. The molecule has 6 heteroatoms. The lowest BCUT2D eigenvalue weighted by Crippen LogP contribution is -2.33. The van der Waals surface area contributed by atoms with Gasteiger partial charge in [0.05, 0.1) is 18.2 Å². The SMILES string of the molecule is COc1ccc(CCN2COc3cc(C)c4c(c3C2)O/C(=C/c2cccc(F)c2)C4=O)cc1. The van der Waals surface area contributed by atoms with Crippen LogP contribution >= 0.6 is 0 Å². The molecular formula is C27H24FNO4. The normalized spacial score (nSPS) is 16.2. The van der Waals surface area contributed by atoms with Crippen molar-refractivity contribution in [3.05, 3.63) is 94.0 Å². The van der Waals surface area contributed by atoms with E-state index in [1.165, 1.54) is 17.7 Å². The number of aryl methyl sites for hydroxylation is 1. The maximum Gasteiger partial charge on any atom is 0.232 e. The summed E-state index contributed by atoms with van der Waals surface area (Å²) in [6.45, 7) is 3.77. The topological polar surface area (TPSA) is 48.0 Å². The molecule has 0 atom stereocenters. The highest BCUT2D eigenvalue weighted by Gasteiger charge is 2.35. The molecule has 2 aliphatic heterocycles. The molecule has 0 saturated carbocycles. The molecule has 0 unspecified atom stereocenters. The highest BCUT2D eigenvalue weighted by Crippen LogP contribution is 2.44. The zero-order valence-electron chi connectivity index (χ0n) is 18.6. The predicted molar refractivity (Wildman–Crippen MR) is 123 cm³/mol. The van der Waals surface area contributed by atoms with Crippen LogP contribution in [0.2, 0.25) is 0 Å². The summed E-state index contributed by atoms with van der Waals surface area (Å²) in [6, 6.07) is 16.0. The van der Waals surface area contributed by atoms with Crippen molar-refractivity contribution in [1.29, 1.82) is 0 Å². The van der Waals surface area contributed by atoms with Crippen LogP contribution in [0.3, 0.4) is 0 Å². The molecule has 168 valence electrons. The molecule has 0 radical (unpaired) electrons. The van der Waals surface area contributed by atoms with Crippen LogP contribution in [0.1, 0.15) is 32.6 Å². The number of methoxy groups -OCH3 is 1. The highest BCUT2D eigenvalue weighted by molar-refractivity contribution is 6.15. The van der Waals surface area contributed by atoms with Crippen molar-refractivity contribution in [2.45, 2.75) is 19.9 Å². The van der Waals surface area contributed by atoms with Gasteiger partial charge in [-0.2, -0.15) is 0 Å². The Kier molecular flexibility index (Phi) is 5.60. The first-order valence-corrected chi connectivity index (χ1v) is 10.9. The summed E-state index contributed by atoms with van der Waals surface area (Å²) < 4.78 is 30.9. The van der Waals surface area contributed by atoms with Gasteiger partial charge in [-0.15, -0.1) is 0 Å². The average Bonchev–Trinajstić information content (AvgIpc) is 3.15. The molecule has 3 aromatic carbocycles. The molecule has 0 aliphatic carbocycles. The van der Waals surface area contributed by atoms with Crippen molar-refractivity contribution in [3.63, 3.8) is 0 Å². The van der Waals surface area contributed by atoms with Crippen LogP contribution < -0.4 is 14.2 Å². The Morgan fingerprint density at radius 2 is 1.97 bits per heavy atom. The molecule has 5 rings (SSSR count). The lowest BCUT2D eigenvalue weighted by atomic mass is 9.98. The lowest BCUT2D eigenvalue weighted by Gasteiger charge is -2.30. The quantitative estimate of drug-likeness (QED) is 0.508. The molecule has 0 bridgehead atoms. The van der Waals surface area contributed by atoms with E-state index in [1.54, 1.807) is 25.3 Å². The van der Waals surface area contributed by atoms with E-state index in [0.29, 0.717) is 30.2 Å². The second kappa shape index (κ2) is 8.71. The summed E-state index contributed by atoms with van der Waals surface area (Å²) in [4.78, 5) is 15.3. The molecule has 33 heavy (non-hydrogen) atoms. The maximum atomic E-state index is 13.6. The number of fused-ring (bicyclic) bond motifs is 3. The molecule has 0 aromatic heterocycles. The summed E-state index contributed by atoms with van der Waals surface area (Å²) in [7, 11) is 1.66. The molecule has 0 spiro atoms. The molecule has 5 nitrogen and oxygen atoms in total. The van der Waals surface area contributed by atoms with Gasteiger partial charge < -0.3 is 14.2 Å². The van der Waals surface area contributed by atoms with Crippen LogP contribution in [-0.4, -0.2) is 31.1 Å². The molecule has 2 aliphatic rings. The largest absolute Gasteiger partial charge is 0.497 e. The van der Waals surface area contributed by atoms with E-state index in [2.05, 4.69) is 17.0 Å². The van der Waals surface area contributed by atoms with Crippen LogP contribution in [0.25, 0.3) is 6.08 Å². The van der Waals surface area contributed by atoms with Crippen LogP contribution in [0.5, 0.6) is 17.2 Å². The molecular weight excluding hydrogens is 421 g/mol. The predicted octanol–water partition coefficient (Wildman–Crippen LogP) is 5.15. The molecule has 0 amide bonds. The number of Topliss-reactive ketones (excluding diaryl/α,β-unsaturated/α-hetero) is 1. The van der Waals surface area contributed by atoms with E-state index in [1.807, 2.05) is 25.1 Å². The summed E-state index contributed by atoms with van der Waals surface area (Å²) >= 11 is 0. The van der Waals surface area contributed by atoms with E-state index < -0.39 is 0 Å². The van der Waals surface area contributed by atoms with Crippen molar-refractivity contribution >= 4 is 11.9 Å². The number of hydrogen-bond donors (Lipinski definition) is 0. The van der Waals surface area contributed by atoms with Crippen LogP contribution in [0.4, 0.5) is 4.39 Å². The number of rotatable bonds is 5. The Bertz CT molecular complexity index is 1250. The van der Waals surface area contributed by atoms with E-state index in [-0.39, 0.29) is 17.4 Å². The number of carbonyl (C=O) groups excluding carboxylic acids is 1. The Morgan fingerprint density at radius 3 is 2.73 bits per heavy atom. The van der Waals surface area contributed by atoms with Gasteiger partial charge in [0.15, 0.2) is 5.76 Å². The number of ketones is 1. The lowest BCUT2D eigenvalue weighted by molar-refractivity contribution is 0.0949. The molecule has 0 fully saturated rings. The van der Waals surface area contributed by atoms with E-state index >= 15 is 0 Å². The minimum atomic E-state index is -0.359. The first kappa shape index (κ1) is 21.2.